The maximum absolute atomic E-state index is 12.2. The van der Waals surface area contributed by atoms with Gasteiger partial charge in [0.15, 0.2) is 0 Å². The van der Waals surface area contributed by atoms with Gasteiger partial charge >= 0.3 is 0 Å². The van der Waals surface area contributed by atoms with Crippen LogP contribution in [0, 0.1) is 11.8 Å². The molecule has 0 saturated carbocycles. The first-order valence-electron chi connectivity index (χ1n) is 6.30. The summed E-state index contributed by atoms with van der Waals surface area (Å²) in [5.41, 5.74) is -2.92. The average Bonchev–Trinajstić information content (AvgIpc) is 1.95. The van der Waals surface area contributed by atoms with Gasteiger partial charge in [0.05, 0.1) is 6.10 Å². The Morgan fingerprint density at radius 2 is 1.50 bits per heavy atom. The van der Waals surface area contributed by atoms with E-state index in [4.69, 9.17) is 16.3 Å². The summed E-state index contributed by atoms with van der Waals surface area (Å²) < 4.78 is 5.53. The maximum Gasteiger partial charge on any atom is 0.0596 e. The Kier molecular flexibility index (Phi) is 12.3. The molecular formula is C12H26NiO2PS2-. The quantitative estimate of drug-likeness (QED) is 0.482. The van der Waals surface area contributed by atoms with Gasteiger partial charge in [-0.1, -0.05) is 46.4 Å². The van der Waals surface area contributed by atoms with Crippen LogP contribution < -0.4 is 4.89 Å². The van der Waals surface area contributed by atoms with E-state index >= 15 is 0 Å². The zero-order valence-electron chi connectivity index (χ0n) is 12.1. The van der Waals surface area contributed by atoms with Crippen LogP contribution in [0.25, 0.3) is 0 Å². The molecule has 3 atom stereocenters. The summed E-state index contributed by atoms with van der Waals surface area (Å²) in [6.07, 6.45) is 1.91. The zero-order valence-corrected chi connectivity index (χ0v) is 15.6. The van der Waals surface area contributed by atoms with Crippen molar-refractivity contribution >= 4 is 28.9 Å². The van der Waals surface area contributed by atoms with Crippen LogP contribution in [0.2, 0.25) is 0 Å². The first-order valence-corrected chi connectivity index (χ1v) is 10.4. The van der Waals surface area contributed by atoms with Gasteiger partial charge in [0, 0.05) is 27.4 Å². The van der Waals surface area contributed by atoms with Crippen LogP contribution in [-0.4, -0.2) is 11.4 Å². The fourth-order valence-electron chi connectivity index (χ4n) is 1.88. The molecule has 114 valence electrons. The molecule has 2 nitrogen and oxygen atoms in total. The number of hydrogen-bond acceptors (Lipinski definition) is 4. The molecule has 0 amide bonds. The Morgan fingerprint density at radius 3 is 1.89 bits per heavy atom. The Labute approximate surface area is 132 Å². The van der Waals surface area contributed by atoms with E-state index in [0.29, 0.717) is 17.1 Å². The van der Waals surface area contributed by atoms with Gasteiger partial charge < -0.3 is 9.42 Å². The molecule has 0 radical (unpaired) electrons. The summed E-state index contributed by atoms with van der Waals surface area (Å²) in [7, 11) is 0. The monoisotopic (exact) mass is 355 g/mol. The van der Waals surface area contributed by atoms with E-state index in [1.54, 1.807) is 0 Å². The maximum atomic E-state index is 12.2. The second-order valence-corrected chi connectivity index (χ2v) is 11.9. The first kappa shape index (κ1) is 21.7. The second-order valence-electron chi connectivity index (χ2n) is 5.54. The van der Waals surface area contributed by atoms with Gasteiger partial charge in [-0.2, -0.15) is 0 Å². The van der Waals surface area contributed by atoms with Gasteiger partial charge in [-0.15, -0.1) is 11.4 Å². The van der Waals surface area contributed by atoms with Gasteiger partial charge in [0.25, 0.3) is 0 Å². The van der Waals surface area contributed by atoms with Crippen molar-refractivity contribution in [3.63, 3.8) is 0 Å². The average molecular weight is 356 g/mol. The van der Waals surface area contributed by atoms with Gasteiger partial charge in [0.2, 0.25) is 0 Å². The second kappa shape index (κ2) is 10.2. The summed E-state index contributed by atoms with van der Waals surface area (Å²) in [4.78, 5) is 12.2. The van der Waals surface area contributed by atoms with Crippen molar-refractivity contribution in [1.82, 2.24) is 0 Å². The normalized spacial score (nSPS) is 18.3. The number of rotatable bonds is 8. The molecule has 0 aliphatic rings. The van der Waals surface area contributed by atoms with Crippen molar-refractivity contribution in [3.05, 3.63) is 0 Å². The van der Waals surface area contributed by atoms with Crippen LogP contribution in [0.15, 0.2) is 0 Å². The van der Waals surface area contributed by atoms with Gasteiger partial charge in [0.1, 0.15) is 0 Å². The van der Waals surface area contributed by atoms with E-state index in [0.717, 1.165) is 12.8 Å². The Morgan fingerprint density at radius 1 is 1.06 bits per heavy atom. The third kappa shape index (κ3) is 12.4. The van der Waals surface area contributed by atoms with Crippen LogP contribution in [0.3, 0.4) is 0 Å². The van der Waals surface area contributed by atoms with Crippen LogP contribution in [0.5, 0.6) is 0 Å². The van der Waals surface area contributed by atoms with Gasteiger partial charge in [-0.3, -0.25) is 0 Å². The first-order chi connectivity index (χ1) is 7.62. The molecule has 0 aliphatic carbocycles. The molecule has 0 aromatic heterocycles. The van der Waals surface area contributed by atoms with E-state index in [1.807, 2.05) is 6.92 Å². The zero-order chi connectivity index (χ0) is 13.6. The van der Waals surface area contributed by atoms with Crippen LogP contribution >= 0.6 is 17.1 Å². The topological polar surface area (TPSA) is 32.3 Å². The number of hydrogen-bond donors (Lipinski definition) is 0. The minimum Gasteiger partial charge on any atom is -0.793 e. The summed E-state index contributed by atoms with van der Waals surface area (Å²) >= 11 is 6.43. The third-order valence-electron chi connectivity index (χ3n) is 2.22. The molecule has 0 aromatic carbocycles. The minimum absolute atomic E-state index is 0. The van der Waals surface area contributed by atoms with Crippen LogP contribution in [0.4, 0.5) is 0 Å². The van der Waals surface area contributed by atoms with Crippen molar-refractivity contribution in [2.45, 2.75) is 65.7 Å². The summed E-state index contributed by atoms with van der Waals surface area (Å²) in [6.45, 7) is 12.6. The van der Waals surface area contributed by atoms with Crippen molar-refractivity contribution in [2.24, 2.45) is 11.8 Å². The third-order valence-corrected chi connectivity index (χ3v) is 6.80. The molecule has 6 heteroatoms. The SMILES string of the molecule is CC(C)CC(C)OP([O-])(=S)SC(C)CC(C)C.[Ni]. The fraction of sp³-hybridized carbons (Fsp3) is 1.00. The van der Waals surface area contributed by atoms with Crippen LogP contribution in [-0.2, 0) is 32.8 Å². The smallest absolute Gasteiger partial charge is 0.0596 e. The van der Waals surface area contributed by atoms with Gasteiger partial charge in [-0.25, -0.2) is 0 Å². The van der Waals surface area contributed by atoms with Crippen molar-refractivity contribution < 1.29 is 25.9 Å². The minimum atomic E-state index is -2.92. The van der Waals surface area contributed by atoms with Gasteiger partial charge in [-0.05, 0) is 31.6 Å². The standard InChI is InChI=1S/C12H27O2PS2.Ni/c1-9(2)7-11(5)14-15(13,16)17-12(6)8-10(3)4;/h9-12H,7-8H2,1-6H3,(H,13,16);/p-1. The van der Waals surface area contributed by atoms with Crippen LogP contribution in [0.1, 0.15) is 54.4 Å². The Hall–Kier alpha value is 1.41. The fourth-order valence-corrected chi connectivity index (χ4v) is 7.30. The van der Waals surface area contributed by atoms with E-state index < -0.39 is 5.69 Å². The molecule has 0 spiro atoms. The molecule has 0 aliphatic heterocycles. The summed E-state index contributed by atoms with van der Waals surface area (Å²) in [5.74, 6) is 1.14. The molecule has 3 unspecified atom stereocenters. The van der Waals surface area contributed by atoms with E-state index in [9.17, 15) is 4.89 Å². The van der Waals surface area contributed by atoms with E-state index in [1.165, 1.54) is 11.4 Å². The molecule has 0 saturated heterocycles. The predicted molar refractivity (Wildman–Crippen MR) is 80.8 cm³/mol. The summed E-state index contributed by atoms with van der Waals surface area (Å²) in [6, 6.07) is 0. The molecule has 0 N–H and O–H groups in total. The molecule has 0 bridgehead atoms. The van der Waals surface area contributed by atoms with Crippen molar-refractivity contribution in [3.8, 4) is 0 Å². The Balaban J connectivity index is 0. The van der Waals surface area contributed by atoms with E-state index in [2.05, 4.69) is 34.6 Å². The van der Waals surface area contributed by atoms with Crippen molar-refractivity contribution in [1.29, 1.82) is 0 Å². The largest absolute Gasteiger partial charge is 0.793 e. The molecule has 0 heterocycles. The van der Waals surface area contributed by atoms with Crippen molar-refractivity contribution in [2.75, 3.05) is 0 Å². The Bertz CT molecular complexity index is 240. The molecule has 0 aromatic rings. The molecule has 0 fully saturated rings. The molecular weight excluding hydrogens is 330 g/mol. The summed E-state index contributed by atoms with van der Waals surface area (Å²) in [5, 5.41) is 0.296. The molecule has 18 heavy (non-hydrogen) atoms. The van der Waals surface area contributed by atoms with E-state index in [-0.39, 0.29) is 22.6 Å². The predicted octanol–water partition coefficient (Wildman–Crippen LogP) is 4.19. The molecule has 0 rings (SSSR count).